The number of para-hydroxylation sites is 1. The van der Waals surface area contributed by atoms with E-state index in [4.69, 9.17) is 9.84 Å². The summed E-state index contributed by atoms with van der Waals surface area (Å²) in [5, 5.41) is 51.0. The molecule has 0 bridgehead atoms. The van der Waals surface area contributed by atoms with E-state index < -0.39 is 37.3 Å². The molecule has 1 unspecified atom stereocenters. The molecule has 1 aliphatic heterocycles. The summed E-state index contributed by atoms with van der Waals surface area (Å²) in [7, 11) is 0. The first-order valence-corrected chi connectivity index (χ1v) is 6.85. The zero-order valence-corrected chi connectivity index (χ0v) is 11.5. The summed E-state index contributed by atoms with van der Waals surface area (Å²) in [6.07, 6.45) is -4.38. The fourth-order valence-electron chi connectivity index (χ4n) is 2.41. The minimum Gasteiger partial charge on any atom is -0.508 e. The number of aromatic hydroxyl groups is 1. The van der Waals surface area contributed by atoms with Crippen molar-refractivity contribution in [2.75, 3.05) is 13.2 Å². The number of rotatable bonds is 5. The molecular formula is C14H21NO6. The van der Waals surface area contributed by atoms with Crippen molar-refractivity contribution in [1.29, 1.82) is 0 Å². The fourth-order valence-corrected chi connectivity index (χ4v) is 2.41. The van der Waals surface area contributed by atoms with Crippen LogP contribution in [0.3, 0.4) is 0 Å². The molecule has 1 aromatic carbocycles. The molecule has 1 heterocycles. The Morgan fingerprint density at radius 3 is 2.48 bits per heavy atom. The molecule has 2 rings (SSSR count). The minimum atomic E-state index is -1.33. The van der Waals surface area contributed by atoms with E-state index in [-0.39, 0.29) is 5.75 Å². The van der Waals surface area contributed by atoms with Gasteiger partial charge in [-0.25, -0.2) is 0 Å². The first-order valence-electron chi connectivity index (χ1n) is 6.85. The van der Waals surface area contributed by atoms with Gasteiger partial charge in [0.25, 0.3) is 0 Å². The van der Waals surface area contributed by atoms with Crippen LogP contribution in [0.5, 0.6) is 5.75 Å². The molecular weight excluding hydrogens is 278 g/mol. The van der Waals surface area contributed by atoms with Gasteiger partial charge in [-0.2, -0.15) is 0 Å². The molecule has 0 saturated carbocycles. The monoisotopic (exact) mass is 299 g/mol. The molecule has 0 aliphatic carbocycles. The lowest BCUT2D eigenvalue weighted by atomic mass is 9.97. The Labute approximate surface area is 122 Å². The maximum Gasteiger partial charge on any atom is 0.173 e. The average Bonchev–Trinajstić information content (AvgIpc) is 2.48. The summed E-state index contributed by atoms with van der Waals surface area (Å²) >= 11 is 0. The van der Waals surface area contributed by atoms with E-state index in [9.17, 15) is 20.4 Å². The van der Waals surface area contributed by atoms with Crippen molar-refractivity contribution in [3.05, 3.63) is 29.8 Å². The van der Waals surface area contributed by atoms with E-state index in [1.807, 2.05) is 0 Å². The van der Waals surface area contributed by atoms with Gasteiger partial charge in [0.2, 0.25) is 0 Å². The van der Waals surface area contributed by atoms with Crippen LogP contribution in [0.2, 0.25) is 0 Å². The molecule has 6 N–H and O–H groups in total. The number of hydrogen-bond donors (Lipinski definition) is 6. The van der Waals surface area contributed by atoms with Crippen LogP contribution in [0.15, 0.2) is 24.3 Å². The first kappa shape index (κ1) is 16.2. The molecule has 1 fully saturated rings. The molecule has 21 heavy (non-hydrogen) atoms. The standard InChI is InChI=1S/C14H21NO6/c16-7-10-12(18)13(19)11(14(20)21-10)15-6-5-8-3-1-2-4-9(8)17/h1-4,10-20H,5-7H2/t10-,11-,12-,13-,14?/m1/s1. The molecule has 1 aromatic rings. The third kappa shape index (κ3) is 3.70. The predicted octanol–water partition coefficient (Wildman–Crippen LogP) is -1.68. The topological polar surface area (TPSA) is 122 Å². The number of aliphatic hydroxyl groups excluding tert-OH is 4. The van der Waals surface area contributed by atoms with E-state index in [0.29, 0.717) is 13.0 Å². The molecule has 0 radical (unpaired) electrons. The molecule has 0 amide bonds. The number of phenolic OH excluding ortho intramolecular Hbond substituents is 1. The van der Waals surface area contributed by atoms with Crippen molar-refractivity contribution >= 4 is 0 Å². The van der Waals surface area contributed by atoms with Crippen LogP contribution in [0, 0.1) is 0 Å². The maximum atomic E-state index is 9.95. The number of aliphatic hydroxyl groups is 4. The van der Waals surface area contributed by atoms with E-state index in [1.165, 1.54) is 0 Å². The second kappa shape index (κ2) is 7.17. The second-order valence-corrected chi connectivity index (χ2v) is 5.09. The molecule has 0 spiro atoms. The molecule has 7 heteroatoms. The largest absolute Gasteiger partial charge is 0.508 e. The van der Waals surface area contributed by atoms with Crippen molar-refractivity contribution in [2.24, 2.45) is 0 Å². The van der Waals surface area contributed by atoms with E-state index in [1.54, 1.807) is 24.3 Å². The normalized spacial score (nSPS) is 33.0. The molecule has 5 atom stereocenters. The van der Waals surface area contributed by atoms with Crippen LogP contribution < -0.4 is 5.32 Å². The second-order valence-electron chi connectivity index (χ2n) is 5.09. The average molecular weight is 299 g/mol. The number of nitrogens with one attached hydrogen (secondary N) is 1. The van der Waals surface area contributed by atoms with Gasteiger partial charge < -0.3 is 35.6 Å². The lowest BCUT2D eigenvalue weighted by molar-refractivity contribution is -0.254. The summed E-state index contributed by atoms with van der Waals surface area (Å²) in [6.45, 7) is -0.115. The van der Waals surface area contributed by atoms with Gasteiger partial charge in [0, 0.05) is 0 Å². The Balaban J connectivity index is 1.89. The van der Waals surface area contributed by atoms with E-state index in [2.05, 4.69) is 5.32 Å². The molecule has 1 saturated heterocycles. The van der Waals surface area contributed by atoms with E-state index >= 15 is 0 Å². The van der Waals surface area contributed by atoms with Crippen LogP contribution in [0.25, 0.3) is 0 Å². The Hall–Kier alpha value is -1.22. The van der Waals surface area contributed by atoms with Gasteiger partial charge in [-0.1, -0.05) is 18.2 Å². The van der Waals surface area contributed by atoms with Crippen LogP contribution >= 0.6 is 0 Å². The summed E-state index contributed by atoms with van der Waals surface area (Å²) in [5.74, 6) is 0.181. The third-order valence-electron chi connectivity index (χ3n) is 3.67. The number of ether oxygens (including phenoxy) is 1. The SMILES string of the molecule is OC[C@H]1OC(O)[C@H](NCCc2ccccc2O)[C@@H](O)[C@@H]1O. The van der Waals surface area contributed by atoms with Gasteiger partial charge in [-0.3, -0.25) is 0 Å². The summed E-state index contributed by atoms with van der Waals surface area (Å²) in [4.78, 5) is 0. The summed E-state index contributed by atoms with van der Waals surface area (Å²) < 4.78 is 5.04. The van der Waals surface area contributed by atoms with Gasteiger partial charge in [0.1, 0.15) is 24.1 Å². The lowest BCUT2D eigenvalue weighted by Gasteiger charge is -2.40. The Morgan fingerprint density at radius 2 is 1.81 bits per heavy atom. The van der Waals surface area contributed by atoms with Gasteiger partial charge in [-0.15, -0.1) is 0 Å². The molecule has 1 aliphatic rings. The molecule has 118 valence electrons. The van der Waals surface area contributed by atoms with Crippen molar-refractivity contribution in [3.63, 3.8) is 0 Å². The lowest BCUT2D eigenvalue weighted by Crippen LogP contribution is -2.63. The summed E-state index contributed by atoms with van der Waals surface area (Å²) in [5.41, 5.74) is 0.736. The first-order chi connectivity index (χ1) is 10.0. The summed E-state index contributed by atoms with van der Waals surface area (Å²) in [6, 6.07) is 6.02. The Bertz CT molecular complexity index is 457. The third-order valence-corrected chi connectivity index (χ3v) is 3.67. The number of hydrogen-bond acceptors (Lipinski definition) is 7. The zero-order valence-electron chi connectivity index (χ0n) is 11.5. The highest BCUT2D eigenvalue weighted by Gasteiger charge is 2.43. The van der Waals surface area contributed by atoms with Crippen molar-refractivity contribution < 1.29 is 30.3 Å². The highest BCUT2D eigenvalue weighted by molar-refractivity contribution is 5.31. The fraction of sp³-hybridized carbons (Fsp3) is 0.571. The highest BCUT2D eigenvalue weighted by Crippen LogP contribution is 2.20. The van der Waals surface area contributed by atoms with Crippen molar-refractivity contribution in [2.45, 2.75) is 37.1 Å². The van der Waals surface area contributed by atoms with Gasteiger partial charge in [-0.05, 0) is 24.6 Å². The van der Waals surface area contributed by atoms with Crippen LogP contribution in [0.1, 0.15) is 5.56 Å². The quantitative estimate of drug-likeness (QED) is 0.384. The number of phenols is 1. The van der Waals surface area contributed by atoms with Crippen LogP contribution in [-0.4, -0.2) is 69.3 Å². The maximum absolute atomic E-state index is 9.95. The Kier molecular flexibility index (Phi) is 5.51. The molecule has 0 aromatic heterocycles. The zero-order chi connectivity index (χ0) is 15.4. The number of benzene rings is 1. The van der Waals surface area contributed by atoms with Crippen molar-refractivity contribution in [3.8, 4) is 5.75 Å². The predicted molar refractivity (Wildman–Crippen MR) is 73.6 cm³/mol. The molecule has 7 nitrogen and oxygen atoms in total. The van der Waals surface area contributed by atoms with E-state index in [0.717, 1.165) is 5.56 Å². The van der Waals surface area contributed by atoms with Crippen LogP contribution in [0.4, 0.5) is 0 Å². The van der Waals surface area contributed by atoms with Gasteiger partial charge >= 0.3 is 0 Å². The van der Waals surface area contributed by atoms with Crippen LogP contribution in [-0.2, 0) is 11.2 Å². The van der Waals surface area contributed by atoms with Gasteiger partial charge in [0.05, 0.1) is 12.6 Å². The smallest absolute Gasteiger partial charge is 0.173 e. The Morgan fingerprint density at radius 1 is 1.10 bits per heavy atom. The minimum absolute atomic E-state index is 0.181. The van der Waals surface area contributed by atoms with Crippen molar-refractivity contribution in [1.82, 2.24) is 5.32 Å². The highest BCUT2D eigenvalue weighted by atomic mass is 16.6. The van der Waals surface area contributed by atoms with Gasteiger partial charge in [0.15, 0.2) is 6.29 Å².